The van der Waals surface area contributed by atoms with E-state index in [0.29, 0.717) is 11.4 Å². The van der Waals surface area contributed by atoms with Crippen LogP contribution >= 0.6 is 0 Å². The predicted octanol–water partition coefficient (Wildman–Crippen LogP) is 2.05. The van der Waals surface area contributed by atoms with Crippen LogP contribution in [0.25, 0.3) is 0 Å². The molecule has 0 N–H and O–H groups in total. The van der Waals surface area contributed by atoms with Crippen molar-refractivity contribution in [1.29, 1.82) is 0 Å². The molecule has 11 heavy (non-hydrogen) atoms. The van der Waals surface area contributed by atoms with E-state index in [9.17, 15) is 4.39 Å². The van der Waals surface area contributed by atoms with E-state index in [1.807, 2.05) is 13.8 Å². The SMILES string of the molecule is Cc1ncc(C(C)C)c(F)n1. The molecule has 2 nitrogen and oxygen atoms in total. The van der Waals surface area contributed by atoms with Gasteiger partial charge in [0.1, 0.15) is 5.82 Å². The molecule has 0 unspecified atom stereocenters. The molecular formula is C8H11FN2. The molecule has 60 valence electrons. The average molecular weight is 154 g/mol. The Labute approximate surface area is 65.5 Å². The first-order valence-electron chi connectivity index (χ1n) is 3.60. The van der Waals surface area contributed by atoms with Gasteiger partial charge in [-0.2, -0.15) is 4.39 Å². The van der Waals surface area contributed by atoms with Crippen molar-refractivity contribution in [2.24, 2.45) is 0 Å². The number of nitrogens with zero attached hydrogens (tertiary/aromatic N) is 2. The van der Waals surface area contributed by atoms with Gasteiger partial charge in [0.2, 0.25) is 5.95 Å². The minimum absolute atomic E-state index is 0.149. The molecule has 0 saturated carbocycles. The fraction of sp³-hybridized carbons (Fsp3) is 0.500. The molecule has 0 bridgehead atoms. The third kappa shape index (κ3) is 1.73. The Morgan fingerprint density at radius 1 is 1.45 bits per heavy atom. The van der Waals surface area contributed by atoms with Crippen LogP contribution in [0, 0.1) is 12.9 Å². The smallest absolute Gasteiger partial charge is 0.219 e. The van der Waals surface area contributed by atoms with E-state index in [4.69, 9.17) is 0 Å². The lowest BCUT2D eigenvalue weighted by Crippen LogP contribution is -1.99. The lowest BCUT2D eigenvalue weighted by atomic mass is 10.1. The molecule has 1 aromatic heterocycles. The van der Waals surface area contributed by atoms with Crippen LogP contribution in [-0.2, 0) is 0 Å². The summed E-state index contributed by atoms with van der Waals surface area (Å²) in [7, 11) is 0. The molecule has 0 fully saturated rings. The molecule has 1 heterocycles. The van der Waals surface area contributed by atoms with E-state index in [0.717, 1.165) is 0 Å². The summed E-state index contributed by atoms with van der Waals surface area (Å²) in [4.78, 5) is 7.53. The highest BCUT2D eigenvalue weighted by Crippen LogP contribution is 2.14. The zero-order valence-electron chi connectivity index (χ0n) is 6.93. The first-order valence-corrected chi connectivity index (χ1v) is 3.60. The molecule has 0 saturated heterocycles. The zero-order chi connectivity index (χ0) is 8.43. The van der Waals surface area contributed by atoms with Crippen LogP contribution in [0.5, 0.6) is 0 Å². The summed E-state index contributed by atoms with van der Waals surface area (Å²) < 4.78 is 13.0. The van der Waals surface area contributed by atoms with E-state index in [1.54, 1.807) is 13.1 Å². The molecule has 0 aliphatic rings. The normalized spacial score (nSPS) is 10.6. The van der Waals surface area contributed by atoms with Crippen LogP contribution in [0.3, 0.4) is 0 Å². The van der Waals surface area contributed by atoms with Crippen molar-refractivity contribution in [1.82, 2.24) is 9.97 Å². The summed E-state index contributed by atoms with van der Waals surface area (Å²) in [5, 5.41) is 0. The second kappa shape index (κ2) is 2.95. The van der Waals surface area contributed by atoms with Crippen molar-refractivity contribution >= 4 is 0 Å². The van der Waals surface area contributed by atoms with Crippen molar-refractivity contribution < 1.29 is 4.39 Å². The van der Waals surface area contributed by atoms with Gasteiger partial charge in [-0.25, -0.2) is 9.97 Å². The lowest BCUT2D eigenvalue weighted by Gasteiger charge is -2.04. The first kappa shape index (κ1) is 8.11. The largest absolute Gasteiger partial charge is 0.241 e. The van der Waals surface area contributed by atoms with Crippen molar-refractivity contribution in [3.63, 3.8) is 0 Å². The maximum atomic E-state index is 13.0. The Kier molecular flexibility index (Phi) is 2.17. The highest BCUT2D eigenvalue weighted by Gasteiger charge is 2.07. The summed E-state index contributed by atoms with van der Waals surface area (Å²) in [5.41, 5.74) is 0.579. The van der Waals surface area contributed by atoms with Gasteiger partial charge in [0.05, 0.1) is 0 Å². The van der Waals surface area contributed by atoms with Crippen LogP contribution in [0.4, 0.5) is 4.39 Å². The van der Waals surface area contributed by atoms with Crippen molar-refractivity contribution in [2.45, 2.75) is 26.7 Å². The Balaban J connectivity index is 3.09. The quantitative estimate of drug-likeness (QED) is 0.578. The summed E-state index contributed by atoms with van der Waals surface area (Å²) >= 11 is 0. The molecule has 0 atom stereocenters. The average Bonchev–Trinajstić information content (AvgIpc) is 1.85. The van der Waals surface area contributed by atoms with E-state index in [1.165, 1.54) is 0 Å². The second-order valence-corrected chi connectivity index (χ2v) is 2.82. The fourth-order valence-electron chi connectivity index (χ4n) is 0.839. The molecule has 0 aromatic carbocycles. The third-order valence-electron chi connectivity index (χ3n) is 1.51. The van der Waals surface area contributed by atoms with Gasteiger partial charge >= 0.3 is 0 Å². The maximum Gasteiger partial charge on any atom is 0.219 e. The second-order valence-electron chi connectivity index (χ2n) is 2.82. The van der Waals surface area contributed by atoms with Gasteiger partial charge in [-0.15, -0.1) is 0 Å². The predicted molar refractivity (Wildman–Crippen MR) is 40.8 cm³/mol. The zero-order valence-corrected chi connectivity index (χ0v) is 6.93. The molecule has 1 aromatic rings. The van der Waals surface area contributed by atoms with Crippen LogP contribution in [0.2, 0.25) is 0 Å². The Bertz CT molecular complexity index is 258. The molecule has 1 rings (SSSR count). The number of hydrogen-bond donors (Lipinski definition) is 0. The Morgan fingerprint density at radius 3 is 2.55 bits per heavy atom. The maximum absolute atomic E-state index is 13.0. The minimum atomic E-state index is -0.396. The van der Waals surface area contributed by atoms with Crippen LogP contribution in [0.15, 0.2) is 6.20 Å². The van der Waals surface area contributed by atoms with E-state index in [-0.39, 0.29) is 5.92 Å². The van der Waals surface area contributed by atoms with Gasteiger partial charge in [0.15, 0.2) is 0 Å². The van der Waals surface area contributed by atoms with Gasteiger partial charge < -0.3 is 0 Å². The summed E-state index contributed by atoms with van der Waals surface area (Å²) in [6, 6.07) is 0. The lowest BCUT2D eigenvalue weighted by molar-refractivity contribution is 0.546. The fourth-order valence-corrected chi connectivity index (χ4v) is 0.839. The monoisotopic (exact) mass is 154 g/mol. The highest BCUT2D eigenvalue weighted by atomic mass is 19.1. The molecule has 0 radical (unpaired) electrons. The van der Waals surface area contributed by atoms with Gasteiger partial charge in [-0.1, -0.05) is 13.8 Å². The molecule has 0 spiro atoms. The van der Waals surface area contributed by atoms with E-state index in [2.05, 4.69) is 9.97 Å². The Morgan fingerprint density at radius 2 is 2.09 bits per heavy atom. The first-order chi connectivity index (χ1) is 5.11. The van der Waals surface area contributed by atoms with Gasteiger partial charge in [-0.05, 0) is 12.8 Å². The molecule has 3 heteroatoms. The number of aryl methyl sites for hydroxylation is 1. The Hall–Kier alpha value is -0.990. The van der Waals surface area contributed by atoms with Crippen LogP contribution < -0.4 is 0 Å². The van der Waals surface area contributed by atoms with E-state index >= 15 is 0 Å². The van der Waals surface area contributed by atoms with Crippen molar-refractivity contribution in [3.05, 3.63) is 23.5 Å². The molecule has 0 aliphatic heterocycles. The standard InChI is InChI=1S/C8H11FN2/c1-5(2)7-4-10-6(3)11-8(7)9/h4-5H,1-3H3. The van der Waals surface area contributed by atoms with Gasteiger partial charge in [-0.3, -0.25) is 0 Å². The molecule has 0 aliphatic carbocycles. The van der Waals surface area contributed by atoms with Crippen LogP contribution in [0.1, 0.15) is 31.2 Å². The highest BCUT2D eigenvalue weighted by molar-refractivity contribution is 5.11. The number of aromatic nitrogens is 2. The third-order valence-corrected chi connectivity index (χ3v) is 1.51. The summed E-state index contributed by atoms with van der Waals surface area (Å²) in [6.07, 6.45) is 1.54. The van der Waals surface area contributed by atoms with Crippen molar-refractivity contribution in [3.8, 4) is 0 Å². The number of rotatable bonds is 1. The topological polar surface area (TPSA) is 25.8 Å². The van der Waals surface area contributed by atoms with E-state index < -0.39 is 5.95 Å². The van der Waals surface area contributed by atoms with Crippen LogP contribution in [-0.4, -0.2) is 9.97 Å². The molecule has 0 amide bonds. The number of hydrogen-bond acceptors (Lipinski definition) is 2. The summed E-state index contributed by atoms with van der Waals surface area (Å²) in [5.74, 6) is 0.231. The van der Waals surface area contributed by atoms with Gasteiger partial charge in [0, 0.05) is 11.8 Å². The van der Waals surface area contributed by atoms with Crippen molar-refractivity contribution in [2.75, 3.05) is 0 Å². The van der Waals surface area contributed by atoms with Gasteiger partial charge in [0.25, 0.3) is 0 Å². The minimum Gasteiger partial charge on any atom is -0.241 e. The summed E-state index contributed by atoms with van der Waals surface area (Å²) in [6.45, 7) is 5.50. The number of halogens is 1. The molecular weight excluding hydrogens is 143 g/mol.